The molecule has 1 aliphatic heterocycles. The van der Waals surface area contributed by atoms with Crippen LogP contribution in [0.5, 0.6) is 5.75 Å². The Morgan fingerprint density at radius 3 is 2.68 bits per heavy atom. The molecule has 2 atom stereocenters. The lowest BCUT2D eigenvalue weighted by Crippen LogP contribution is -2.45. The molecule has 122 valence electrons. The number of aliphatic hydroxyl groups excluding tert-OH is 1. The molecule has 1 heterocycles. The van der Waals surface area contributed by atoms with E-state index in [1.807, 2.05) is 24.3 Å². The predicted molar refractivity (Wildman–Crippen MR) is 92.0 cm³/mol. The molecule has 0 amide bonds. The largest absolute Gasteiger partial charge is 0.490 e. The van der Waals surface area contributed by atoms with Crippen LogP contribution in [0, 0.1) is 0 Å². The topological polar surface area (TPSA) is 73.0 Å². The van der Waals surface area contributed by atoms with E-state index < -0.39 is 6.10 Å². The molecule has 2 unspecified atom stereocenters. The molecule has 2 aromatic carbocycles. The van der Waals surface area contributed by atoms with E-state index >= 15 is 0 Å². The van der Waals surface area contributed by atoms with E-state index in [1.165, 1.54) is 12.8 Å². The van der Waals surface area contributed by atoms with Gasteiger partial charge in [0.25, 0.3) is 0 Å². The van der Waals surface area contributed by atoms with E-state index in [4.69, 9.17) is 4.74 Å². The number of hydrogen-bond donors (Lipinski definition) is 2. The molecule has 4 nitrogen and oxygen atoms in total. The molecular weight excluding hydrogens is 302 g/mol. The van der Waals surface area contributed by atoms with E-state index in [0.717, 1.165) is 29.5 Å². The monoisotopic (exact) mass is 325 g/mol. The van der Waals surface area contributed by atoms with Gasteiger partial charge in [-0.3, -0.25) is 0 Å². The molecule has 22 heavy (non-hydrogen) atoms. The van der Waals surface area contributed by atoms with Crippen molar-refractivity contribution in [2.24, 2.45) is 0 Å². The number of hydrogen-bond acceptors (Lipinski definition) is 3. The number of benzene rings is 2. The number of nitrogens with one attached hydrogen (secondary N) is 1. The van der Waals surface area contributed by atoms with Crippen molar-refractivity contribution in [1.29, 1.82) is 0 Å². The van der Waals surface area contributed by atoms with Crippen LogP contribution in [0.2, 0.25) is 0 Å². The predicted octanol–water partition coefficient (Wildman–Crippen LogP) is 2.32. The van der Waals surface area contributed by atoms with Gasteiger partial charge in [-0.25, -0.2) is 0 Å². The molecule has 0 aliphatic carbocycles. The van der Waals surface area contributed by atoms with Gasteiger partial charge in [-0.05, 0) is 30.8 Å². The van der Waals surface area contributed by atoms with Gasteiger partial charge in [0, 0.05) is 11.4 Å². The highest BCUT2D eigenvalue weighted by molar-refractivity contribution is 5.88. The fraction of sp³-hybridized carbons (Fsp3) is 0.412. The SMILES string of the molecule is Cl.O.OC(COc1cccc2ccccc12)C1CCCCN1. The Morgan fingerprint density at radius 1 is 1.14 bits per heavy atom. The van der Waals surface area contributed by atoms with Gasteiger partial charge in [0.1, 0.15) is 18.5 Å². The zero-order valence-electron chi connectivity index (χ0n) is 12.5. The summed E-state index contributed by atoms with van der Waals surface area (Å²) in [5, 5.41) is 15.8. The van der Waals surface area contributed by atoms with Gasteiger partial charge in [-0.15, -0.1) is 12.4 Å². The van der Waals surface area contributed by atoms with Crippen molar-refractivity contribution in [2.45, 2.75) is 31.4 Å². The van der Waals surface area contributed by atoms with Crippen LogP contribution in [0.25, 0.3) is 10.8 Å². The molecule has 0 saturated carbocycles. The number of aliphatic hydroxyl groups is 1. The van der Waals surface area contributed by atoms with Gasteiger partial charge in [-0.1, -0.05) is 42.8 Å². The summed E-state index contributed by atoms with van der Waals surface area (Å²) < 4.78 is 5.84. The maximum Gasteiger partial charge on any atom is 0.127 e. The first-order chi connectivity index (χ1) is 9.84. The molecule has 5 heteroatoms. The Labute approximate surface area is 137 Å². The van der Waals surface area contributed by atoms with Gasteiger partial charge in [0.2, 0.25) is 0 Å². The van der Waals surface area contributed by atoms with Gasteiger partial charge >= 0.3 is 0 Å². The van der Waals surface area contributed by atoms with Crippen LogP contribution in [-0.2, 0) is 0 Å². The number of ether oxygens (including phenoxy) is 1. The smallest absolute Gasteiger partial charge is 0.127 e. The maximum absolute atomic E-state index is 10.2. The third-order valence-corrected chi connectivity index (χ3v) is 3.97. The van der Waals surface area contributed by atoms with E-state index in [2.05, 4.69) is 23.5 Å². The van der Waals surface area contributed by atoms with Crippen LogP contribution in [0.15, 0.2) is 42.5 Å². The molecule has 3 rings (SSSR count). The minimum absolute atomic E-state index is 0. The van der Waals surface area contributed by atoms with Gasteiger partial charge in [0.05, 0.1) is 0 Å². The highest BCUT2D eigenvalue weighted by atomic mass is 35.5. The average molecular weight is 326 g/mol. The molecule has 0 bridgehead atoms. The summed E-state index contributed by atoms with van der Waals surface area (Å²) in [4.78, 5) is 0. The molecular formula is C17H24ClNO3. The lowest BCUT2D eigenvalue weighted by molar-refractivity contribution is 0.0645. The molecule has 0 spiro atoms. The van der Waals surface area contributed by atoms with Gasteiger partial charge in [-0.2, -0.15) is 0 Å². The second kappa shape index (κ2) is 8.96. The molecule has 0 radical (unpaired) electrons. The van der Waals surface area contributed by atoms with E-state index in [-0.39, 0.29) is 23.9 Å². The quantitative estimate of drug-likeness (QED) is 0.906. The normalized spacial score (nSPS) is 18.9. The van der Waals surface area contributed by atoms with Crippen molar-refractivity contribution in [3.05, 3.63) is 42.5 Å². The van der Waals surface area contributed by atoms with E-state index in [1.54, 1.807) is 0 Å². The van der Waals surface area contributed by atoms with Crippen LogP contribution >= 0.6 is 12.4 Å². The summed E-state index contributed by atoms with van der Waals surface area (Å²) in [6.07, 6.45) is 2.96. The Hall–Kier alpha value is -1.33. The minimum Gasteiger partial charge on any atom is -0.490 e. The first kappa shape index (κ1) is 18.7. The third-order valence-electron chi connectivity index (χ3n) is 3.97. The Kier molecular flexibility index (Phi) is 7.62. The van der Waals surface area contributed by atoms with Crippen LogP contribution < -0.4 is 10.1 Å². The highest BCUT2D eigenvalue weighted by Crippen LogP contribution is 2.25. The Balaban J connectivity index is 0.00000121. The number of piperidine rings is 1. The standard InChI is InChI=1S/C17H21NO2.ClH.H2O/c19-16(15-9-3-4-11-18-15)12-20-17-10-5-7-13-6-1-2-8-14(13)17;;/h1-2,5-8,10,15-16,18-19H,3-4,9,11-12H2;1H;1H2. The summed E-state index contributed by atoms with van der Waals surface area (Å²) in [6, 6.07) is 14.3. The van der Waals surface area contributed by atoms with Crippen molar-refractivity contribution in [1.82, 2.24) is 5.32 Å². The molecule has 0 aromatic heterocycles. The lowest BCUT2D eigenvalue weighted by Gasteiger charge is -2.28. The van der Waals surface area contributed by atoms with Crippen molar-refractivity contribution >= 4 is 23.2 Å². The molecule has 1 aliphatic rings. The molecule has 4 N–H and O–H groups in total. The van der Waals surface area contributed by atoms with Crippen molar-refractivity contribution in [2.75, 3.05) is 13.2 Å². The number of rotatable bonds is 4. The van der Waals surface area contributed by atoms with Gasteiger partial charge < -0.3 is 20.6 Å². The van der Waals surface area contributed by atoms with Crippen LogP contribution in [0.4, 0.5) is 0 Å². The first-order valence-electron chi connectivity index (χ1n) is 7.36. The lowest BCUT2D eigenvalue weighted by atomic mass is 10.0. The highest BCUT2D eigenvalue weighted by Gasteiger charge is 2.21. The molecule has 2 aromatic rings. The fourth-order valence-electron chi connectivity index (χ4n) is 2.82. The van der Waals surface area contributed by atoms with Crippen LogP contribution in [0.3, 0.4) is 0 Å². The van der Waals surface area contributed by atoms with E-state index in [0.29, 0.717) is 6.61 Å². The third kappa shape index (κ3) is 4.34. The number of fused-ring (bicyclic) bond motifs is 1. The second-order valence-corrected chi connectivity index (χ2v) is 5.41. The summed E-state index contributed by atoms with van der Waals surface area (Å²) in [7, 11) is 0. The second-order valence-electron chi connectivity index (χ2n) is 5.41. The maximum atomic E-state index is 10.2. The Morgan fingerprint density at radius 2 is 1.91 bits per heavy atom. The van der Waals surface area contributed by atoms with Crippen molar-refractivity contribution in [3.63, 3.8) is 0 Å². The minimum atomic E-state index is -0.450. The first-order valence-corrected chi connectivity index (χ1v) is 7.36. The zero-order valence-corrected chi connectivity index (χ0v) is 13.3. The summed E-state index contributed by atoms with van der Waals surface area (Å²) in [5.74, 6) is 0.845. The van der Waals surface area contributed by atoms with Crippen molar-refractivity contribution < 1.29 is 15.3 Å². The number of halogens is 1. The van der Waals surface area contributed by atoms with Gasteiger partial charge in [0.15, 0.2) is 0 Å². The Bertz CT molecular complexity index is 567. The summed E-state index contributed by atoms with van der Waals surface area (Å²) >= 11 is 0. The fourth-order valence-corrected chi connectivity index (χ4v) is 2.82. The zero-order chi connectivity index (χ0) is 13.8. The average Bonchev–Trinajstić information content (AvgIpc) is 2.53. The van der Waals surface area contributed by atoms with E-state index in [9.17, 15) is 5.11 Å². The van der Waals surface area contributed by atoms with Crippen LogP contribution in [0.1, 0.15) is 19.3 Å². The molecule has 1 saturated heterocycles. The summed E-state index contributed by atoms with van der Waals surface area (Å²) in [5.41, 5.74) is 0. The summed E-state index contributed by atoms with van der Waals surface area (Å²) in [6.45, 7) is 1.33. The molecule has 1 fully saturated rings. The van der Waals surface area contributed by atoms with Crippen molar-refractivity contribution in [3.8, 4) is 5.75 Å². The van der Waals surface area contributed by atoms with Crippen LogP contribution in [-0.4, -0.2) is 35.9 Å².